The predicted molar refractivity (Wildman–Crippen MR) is 78.8 cm³/mol. The molecule has 1 aliphatic heterocycles. The van der Waals surface area contributed by atoms with Crippen LogP contribution in [0.3, 0.4) is 0 Å². The number of likely N-dealkylation sites (tertiary alicyclic amines) is 1. The van der Waals surface area contributed by atoms with Crippen LogP contribution in [0.5, 0.6) is 0 Å². The Balaban J connectivity index is 1.65. The fourth-order valence-corrected chi connectivity index (χ4v) is 3.87. The van der Waals surface area contributed by atoms with Crippen molar-refractivity contribution in [1.82, 2.24) is 10.2 Å². The Morgan fingerprint density at radius 3 is 2.70 bits per heavy atom. The molecule has 1 unspecified atom stereocenters. The van der Waals surface area contributed by atoms with Gasteiger partial charge in [-0.05, 0) is 37.1 Å². The minimum atomic E-state index is -0.273. The lowest BCUT2D eigenvalue weighted by Crippen LogP contribution is -2.48. The Bertz CT molecular complexity index is 480. The molecule has 20 heavy (non-hydrogen) atoms. The van der Waals surface area contributed by atoms with Crippen LogP contribution in [0.2, 0.25) is 0 Å². The van der Waals surface area contributed by atoms with Crippen molar-refractivity contribution in [2.75, 3.05) is 6.54 Å². The lowest BCUT2D eigenvalue weighted by atomic mass is 10.1. The van der Waals surface area contributed by atoms with Crippen molar-refractivity contribution >= 4 is 23.2 Å². The van der Waals surface area contributed by atoms with E-state index < -0.39 is 0 Å². The first-order valence-electron chi connectivity index (χ1n) is 7.40. The minimum Gasteiger partial charge on any atom is -0.352 e. The van der Waals surface area contributed by atoms with E-state index in [9.17, 15) is 9.59 Å². The normalized spacial score (nSPS) is 23.2. The molecule has 2 aliphatic rings. The lowest BCUT2D eigenvalue weighted by Gasteiger charge is -2.25. The van der Waals surface area contributed by atoms with Crippen molar-refractivity contribution in [3.63, 3.8) is 0 Å². The number of thiophene rings is 1. The van der Waals surface area contributed by atoms with E-state index in [1.807, 2.05) is 17.5 Å². The van der Waals surface area contributed by atoms with E-state index in [0.29, 0.717) is 12.6 Å². The molecular weight excluding hydrogens is 272 g/mol. The second-order valence-electron chi connectivity index (χ2n) is 5.62. The molecule has 1 aromatic rings. The van der Waals surface area contributed by atoms with Crippen LogP contribution in [0.4, 0.5) is 0 Å². The first-order chi connectivity index (χ1) is 9.75. The molecule has 0 spiro atoms. The number of amides is 2. The van der Waals surface area contributed by atoms with E-state index in [1.165, 1.54) is 24.2 Å². The lowest BCUT2D eigenvalue weighted by molar-refractivity contribution is -0.125. The first kappa shape index (κ1) is 13.6. The van der Waals surface area contributed by atoms with Crippen LogP contribution in [0.15, 0.2) is 17.5 Å². The highest BCUT2D eigenvalue weighted by Gasteiger charge is 2.35. The van der Waals surface area contributed by atoms with E-state index in [-0.39, 0.29) is 17.9 Å². The Labute approximate surface area is 123 Å². The standard InChI is InChI=1S/C15H20N2O2S/c18-14(16-11-5-1-2-6-11)12-7-3-9-17(12)15(19)13-8-4-10-20-13/h4,8,10-12H,1-3,5-7,9H2,(H,16,18). The van der Waals surface area contributed by atoms with Gasteiger partial charge in [0, 0.05) is 12.6 Å². The molecule has 2 amide bonds. The fraction of sp³-hybridized carbons (Fsp3) is 0.600. The average Bonchev–Trinajstić information content (AvgIpc) is 3.19. The van der Waals surface area contributed by atoms with Gasteiger partial charge in [-0.1, -0.05) is 18.9 Å². The van der Waals surface area contributed by atoms with Crippen molar-refractivity contribution in [1.29, 1.82) is 0 Å². The van der Waals surface area contributed by atoms with Gasteiger partial charge in [-0.2, -0.15) is 0 Å². The van der Waals surface area contributed by atoms with Gasteiger partial charge in [0.15, 0.2) is 0 Å². The third-order valence-corrected chi connectivity index (χ3v) is 5.11. The third kappa shape index (κ3) is 2.73. The zero-order chi connectivity index (χ0) is 13.9. The molecule has 108 valence electrons. The van der Waals surface area contributed by atoms with E-state index in [0.717, 1.165) is 30.6 Å². The predicted octanol–water partition coefficient (Wildman–Crippen LogP) is 2.41. The van der Waals surface area contributed by atoms with Crippen LogP contribution in [0.1, 0.15) is 48.2 Å². The number of hydrogen-bond acceptors (Lipinski definition) is 3. The molecule has 3 rings (SSSR count). The molecular formula is C15H20N2O2S. The Morgan fingerprint density at radius 1 is 1.20 bits per heavy atom. The van der Waals surface area contributed by atoms with Crippen LogP contribution < -0.4 is 5.32 Å². The van der Waals surface area contributed by atoms with Crippen molar-refractivity contribution < 1.29 is 9.59 Å². The molecule has 1 aromatic heterocycles. The van der Waals surface area contributed by atoms with Gasteiger partial charge >= 0.3 is 0 Å². The van der Waals surface area contributed by atoms with Gasteiger partial charge in [0.2, 0.25) is 5.91 Å². The number of carbonyl (C=O) groups is 2. The van der Waals surface area contributed by atoms with E-state index in [1.54, 1.807) is 4.90 Å². The molecule has 1 aliphatic carbocycles. The molecule has 1 saturated carbocycles. The quantitative estimate of drug-likeness (QED) is 0.930. The highest BCUT2D eigenvalue weighted by Crippen LogP contribution is 2.24. The summed E-state index contributed by atoms with van der Waals surface area (Å²) in [4.78, 5) is 27.3. The average molecular weight is 292 g/mol. The van der Waals surface area contributed by atoms with Gasteiger partial charge < -0.3 is 10.2 Å². The number of carbonyl (C=O) groups excluding carboxylic acids is 2. The van der Waals surface area contributed by atoms with Crippen molar-refractivity contribution in [3.8, 4) is 0 Å². The summed E-state index contributed by atoms with van der Waals surface area (Å²) in [5.41, 5.74) is 0. The second kappa shape index (κ2) is 5.95. The fourth-order valence-electron chi connectivity index (χ4n) is 3.19. The summed E-state index contributed by atoms with van der Waals surface area (Å²) in [6.45, 7) is 0.694. The Hall–Kier alpha value is -1.36. The molecule has 5 heteroatoms. The molecule has 1 saturated heterocycles. The molecule has 0 bridgehead atoms. The Morgan fingerprint density at radius 2 is 2.00 bits per heavy atom. The summed E-state index contributed by atoms with van der Waals surface area (Å²) >= 11 is 1.44. The van der Waals surface area contributed by atoms with Crippen LogP contribution in [-0.4, -0.2) is 35.3 Å². The largest absolute Gasteiger partial charge is 0.352 e. The number of nitrogens with zero attached hydrogens (tertiary/aromatic N) is 1. The SMILES string of the molecule is O=C(NC1CCCC1)C1CCCN1C(=O)c1cccs1. The molecule has 0 radical (unpaired) electrons. The van der Waals surface area contributed by atoms with Crippen molar-refractivity contribution in [2.24, 2.45) is 0 Å². The minimum absolute atomic E-state index is 0.00377. The maximum atomic E-state index is 12.4. The Kier molecular flexibility index (Phi) is 4.05. The summed E-state index contributed by atoms with van der Waals surface area (Å²) in [5.74, 6) is 0.0448. The summed E-state index contributed by atoms with van der Waals surface area (Å²) < 4.78 is 0. The third-order valence-electron chi connectivity index (χ3n) is 4.25. The maximum absolute atomic E-state index is 12.4. The highest BCUT2D eigenvalue weighted by atomic mass is 32.1. The molecule has 0 aromatic carbocycles. The van der Waals surface area contributed by atoms with Crippen LogP contribution in [-0.2, 0) is 4.79 Å². The van der Waals surface area contributed by atoms with Gasteiger partial charge in [0.05, 0.1) is 4.88 Å². The van der Waals surface area contributed by atoms with Crippen LogP contribution in [0, 0.1) is 0 Å². The van der Waals surface area contributed by atoms with Crippen LogP contribution >= 0.6 is 11.3 Å². The maximum Gasteiger partial charge on any atom is 0.264 e. The van der Waals surface area contributed by atoms with Gasteiger partial charge in [-0.25, -0.2) is 0 Å². The van der Waals surface area contributed by atoms with Crippen molar-refractivity contribution in [3.05, 3.63) is 22.4 Å². The van der Waals surface area contributed by atoms with E-state index >= 15 is 0 Å². The van der Waals surface area contributed by atoms with Gasteiger partial charge in [0.25, 0.3) is 5.91 Å². The van der Waals surface area contributed by atoms with Gasteiger partial charge in [-0.3, -0.25) is 9.59 Å². The molecule has 1 atom stereocenters. The van der Waals surface area contributed by atoms with E-state index in [4.69, 9.17) is 0 Å². The zero-order valence-corrected chi connectivity index (χ0v) is 12.3. The molecule has 2 heterocycles. The molecule has 2 fully saturated rings. The summed E-state index contributed by atoms with van der Waals surface area (Å²) in [6.07, 6.45) is 6.27. The molecule has 4 nitrogen and oxygen atoms in total. The number of hydrogen-bond donors (Lipinski definition) is 1. The van der Waals surface area contributed by atoms with Gasteiger partial charge in [0.1, 0.15) is 6.04 Å². The molecule has 1 N–H and O–H groups in total. The summed E-state index contributed by atoms with van der Waals surface area (Å²) in [7, 11) is 0. The summed E-state index contributed by atoms with van der Waals surface area (Å²) in [5, 5.41) is 5.02. The zero-order valence-electron chi connectivity index (χ0n) is 11.5. The van der Waals surface area contributed by atoms with Crippen LogP contribution in [0.25, 0.3) is 0 Å². The van der Waals surface area contributed by atoms with Crippen molar-refractivity contribution in [2.45, 2.75) is 50.6 Å². The van der Waals surface area contributed by atoms with E-state index in [2.05, 4.69) is 5.32 Å². The van der Waals surface area contributed by atoms with Gasteiger partial charge in [-0.15, -0.1) is 11.3 Å². The second-order valence-corrected chi connectivity index (χ2v) is 6.57. The topological polar surface area (TPSA) is 49.4 Å². The smallest absolute Gasteiger partial charge is 0.264 e. The first-order valence-corrected chi connectivity index (χ1v) is 8.28. The monoisotopic (exact) mass is 292 g/mol. The summed E-state index contributed by atoms with van der Waals surface area (Å²) in [6, 6.07) is 3.76. The number of nitrogens with one attached hydrogen (secondary N) is 1. The highest BCUT2D eigenvalue weighted by molar-refractivity contribution is 7.12. The number of rotatable bonds is 3.